The van der Waals surface area contributed by atoms with Crippen LogP contribution in [0.25, 0.3) is 10.9 Å². The van der Waals surface area contributed by atoms with Gasteiger partial charge in [0.05, 0.1) is 6.21 Å². The summed E-state index contributed by atoms with van der Waals surface area (Å²) in [4.78, 5) is 15.0. The molecule has 0 spiro atoms. The maximum Gasteiger partial charge on any atom is 0.271 e. The lowest BCUT2D eigenvalue weighted by Crippen LogP contribution is -2.19. The van der Waals surface area contributed by atoms with Gasteiger partial charge in [0.1, 0.15) is 0 Å². The van der Waals surface area contributed by atoms with Crippen LogP contribution < -0.4 is 10.3 Å². The molecule has 1 aliphatic heterocycles. The number of para-hydroxylation sites is 1. The van der Waals surface area contributed by atoms with E-state index in [4.69, 9.17) is 11.6 Å². The van der Waals surface area contributed by atoms with Crippen LogP contribution in [0.3, 0.4) is 0 Å². The Morgan fingerprint density at radius 2 is 1.71 bits per heavy atom. The predicted octanol–water partition coefficient (Wildman–Crippen LogP) is 6.02. The highest BCUT2D eigenvalue weighted by atomic mass is 35.5. The second kappa shape index (κ2) is 9.74. The fraction of sp³-hybridized carbons (Fsp3) is 0.214. The lowest BCUT2D eigenvalue weighted by Gasteiger charge is -2.17. The first-order valence-corrected chi connectivity index (χ1v) is 12.0. The van der Waals surface area contributed by atoms with Crippen LogP contribution in [0.5, 0.6) is 0 Å². The normalized spacial score (nSPS) is 13.8. The molecule has 0 aliphatic carbocycles. The zero-order chi connectivity index (χ0) is 23.5. The summed E-state index contributed by atoms with van der Waals surface area (Å²) in [6, 6.07) is 23.9. The Morgan fingerprint density at radius 1 is 1.00 bits per heavy atom. The summed E-state index contributed by atoms with van der Waals surface area (Å²) in [7, 11) is 0. The number of hydrazone groups is 1. The predicted molar refractivity (Wildman–Crippen MR) is 140 cm³/mol. The van der Waals surface area contributed by atoms with Crippen LogP contribution in [0, 0.1) is 6.92 Å². The maximum absolute atomic E-state index is 12.6. The molecule has 1 saturated heterocycles. The standard InChI is InChI=1S/C28H27ClN4O/c1-20-26(18-30-31-28(34)22-10-14-24(15-11-22)32-16-4-5-17-32)25-6-2-3-7-27(25)33(20)19-21-8-12-23(29)13-9-21/h2-3,6-15,18H,4-5,16-17,19H2,1H3,(H,31,34)/b30-18-. The average molecular weight is 471 g/mol. The minimum Gasteiger partial charge on any atom is -0.372 e. The quantitative estimate of drug-likeness (QED) is 0.277. The summed E-state index contributed by atoms with van der Waals surface area (Å²) in [5, 5.41) is 6.12. The van der Waals surface area contributed by atoms with Gasteiger partial charge in [0, 0.05) is 58.1 Å². The van der Waals surface area contributed by atoms with E-state index < -0.39 is 0 Å². The number of carbonyl (C=O) groups excluding carboxylic acids is 1. The van der Waals surface area contributed by atoms with E-state index >= 15 is 0 Å². The van der Waals surface area contributed by atoms with E-state index in [1.54, 1.807) is 6.21 Å². The molecule has 2 heterocycles. The third kappa shape index (κ3) is 4.57. The fourth-order valence-electron chi connectivity index (χ4n) is 4.62. The zero-order valence-corrected chi connectivity index (χ0v) is 19.9. The fourth-order valence-corrected chi connectivity index (χ4v) is 4.74. The van der Waals surface area contributed by atoms with Crippen LogP contribution in [0.4, 0.5) is 5.69 Å². The molecule has 6 heteroatoms. The molecular weight excluding hydrogens is 444 g/mol. The molecular formula is C28H27ClN4O. The zero-order valence-electron chi connectivity index (χ0n) is 19.2. The van der Waals surface area contributed by atoms with Crippen molar-refractivity contribution in [2.24, 2.45) is 5.10 Å². The second-order valence-corrected chi connectivity index (χ2v) is 9.11. The molecule has 0 saturated carbocycles. The van der Waals surface area contributed by atoms with Crippen LogP contribution in [0.15, 0.2) is 77.9 Å². The van der Waals surface area contributed by atoms with Gasteiger partial charge in [0.15, 0.2) is 0 Å². The Bertz CT molecular complexity index is 1330. The summed E-state index contributed by atoms with van der Waals surface area (Å²) in [6.45, 7) is 4.98. The SMILES string of the molecule is Cc1c(/C=N\NC(=O)c2ccc(N3CCCC3)cc2)c2ccccc2n1Cc1ccc(Cl)cc1. The van der Waals surface area contributed by atoms with Gasteiger partial charge in [-0.3, -0.25) is 4.79 Å². The number of anilines is 1. The number of hydrogen-bond donors (Lipinski definition) is 1. The largest absolute Gasteiger partial charge is 0.372 e. The molecule has 1 fully saturated rings. The average Bonchev–Trinajstić information content (AvgIpc) is 3.49. The van der Waals surface area contributed by atoms with Crippen molar-refractivity contribution in [3.63, 3.8) is 0 Å². The van der Waals surface area contributed by atoms with Gasteiger partial charge in [0.2, 0.25) is 0 Å². The van der Waals surface area contributed by atoms with Gasteiger partial charge in [-0.2, -0.15) is 5.10 Å². The Hall–Kier alpha value is -3.57. The van der Waals surface area contributed by atoms with E-state index in [-0.39, 0.29) is 5.91 Å². The van der Waals surface area contributed by atoms with E-state index in [0.29, 0.717) is 5.56 Å². The monoisotopic (exact) mass is 470 g/mol. The van der Waals surface area contributed by atoms with Crippen LogP contribution in [-0.2, 0) is 6.54 Å². The van der Waals surface area contributed by atoms with Crippen LogP contribution in [0.1, 0.15) is 40.0 Å². The number of halogens is 1. The number of rotatable bonds is 6. The highest BCUT2D eigenvalue weighted by Crippen LogP contribution is 2.26. The molecule has 1 N–H and O–H groups in total. The van der Waals surface area contributed by atoms with Gasteiger partial charge >= 0.3 is 0 Å². The number of carbonyl (C=O) groups is 1. The molecule has 5 nitrogen and oxygen atoms in total. The molecule has 34 heavy (non-hydrogen) atoms. The topological polar surface area (TPSA) is 49.6 Å². The van der Waals surface area contributed by atoms with Gasteiger partial charge in [0.25, 0.3) is 5.91 Å². The highest BCUT2D eigenvalue weighted by molar-refractivity contribution is 6.30. The van der Waals surface area contributed by atoms with Crippen molar-refractivity contribution in [1.29, 1.82) is 0 Å². The van der Waals surface area contributed by atoms with Gasteiger partial charge in [-0.25, -0.2) is 5.43 Å². The third-order valence-electron chi connectivity index (χ3n) is 6.49. The number of hydrogen-bond acceptors (Lipinski definition) is 3. The van der Waals surface area contributed by atoms with Crippen LogP contribution in [-0.4, -0.2) is 29.8 Å². The van der Waals surface area contributed by atoms with Gasteiger partial charge in [-0.15, -0.1) is 0 Å². The number of nitrogens with one attached hydrogen (secondary N) is 1. The van der Waals surface area contributed by atoms with E-state index in [1.807, 2.05) is 60.7 Å². The van der Waals surface area contributed by atoms with Crippen molar-refractivity contribution in [3.8, 4) is 0 Å². The minimum atomic E-state index is -0.216. The molecule has 0 radical (unpaired) electrons. The first-order valence-electron chi connectivity index (χ1n) is 11.6. The van der Waals surface area contributed by atoms with Crippen molar-refractivity contribution < 1.29 is 4.79 Å². The minimum absolute atomic E-state index is 0.216. The second-order valence-electron chi connectivity index (χ2n) is 8.67. The summed E-state index contributed by atoms with van der Waals surface area (Å²) in [5.74, 6) is -0.216. The van der Waals surface area contributed by atoms with E-state index in [0.717, 1.165) is 46.8 Å². The third-order valence-corrected chi connectivity index (χ3v) is 6.75. The van der Waals surface area contributed by atoms with Crippen molar-refractivity contribution in [2.75, 3.05) is 18.0 Å². The Morgan fingerprint density at radius 3 is 2.44 bits per heavy atom. The van der Waals surface area contributed by atoms with Crippen molar-refractivity contribution in [2.45, 2.75) is 26.3 Å². The summed E-state index contributed by atoms with van der Waals surface area (Å²) < 4.78 is 2.26. The summed E-state index contributed by atoms with van der Waals surface area (Å²) >= 11 is 6.05. The Labute approximate surface area is 204 Å². The molecule has 172 valence electrons. The number of fused-ring (bicyclic) bond motifs is 1. The first-order chi connectivity index (χ1) is 16.6. The van der Waals surface area contributed by atoms with E-state index in [9.17, 15) is 4.79 Å². The van der Waals surface area contributed by atoms with Crippen molar-refractivity contribution in [1.82, 2.24) is 9.99 Å². The molecule has 1 aromatic heterocycles. The molecule has 1 amide bonds. The van der Waals surface area contributed by atoms with Gasteiger partial charge in [-0.05, 0) is 67.8 Å². The van der Waals surface area contributed by atoms with E-state index in [2.05, 4.69) is 39.1 Å². The van der Waals surface area contributed by atoms with Gasteiger partial charge in [-0.1, -0.05) is 41.9 Å². The molecule has 0 atom stereocenters. The molecule has 1 aliphatic rings. The summed E-state index contributed by atoms with van der Waals surface area (Å²) in [5.41, 5.74) is 8.83. The Balaban J connectivity index is 1.34. The first kappa shape index (κ1) is 22.2. The van der Waals surface area contributed by atoms with Crippen molar-refractivity contribution in [3.05, 3.63) is 100 Å². The van der Waals surface area contributed by atoms with Crippen LogP contribution >= 0.6 is 11.6 Å². The molecule has 0 unspecified atom stereocenters. The summed E-state index contributed by atoms with van der Waals surface area (Å²) in [6.07, 6.45) is 4.20. The number of amides is 1. The molecule has 5 rings (SSSR count). The van der Waals surface area contributed by atoms with Crippen molar-refractivity contribution >= 4 is 40.3 Å². The van der Waals surface area contributed by atoms with Gasteiger partial charge < -0.3 is 9.47 Å². The lowest BCUT2D eigenvalue weighted by atomic mass is 10.1. The maximum atomic E-state index is 12.6. The van der Waals surface area contributed by atoms with E-state index in [1.165, 1.54) is 24.1 Å². The number of nitrogens with zero attached hydrogens (tertiary/aromatic N) is 3. The smallest absolute Gasteiger partial charge is 0.271 e. The number of aromatic nitrogens is 1. The molecule has 3 aromatic carbocycles. The highest BCUT2D eigenvalue weighted by Gasteiger charge is 2.14. The van der Waals surface area contributed by atoms with Crippen LogP contribution in [0.2, 0.25) is 5.02 Å². The molecule has 4 aromatic rings. The molecule has 0 bridgehead atoms. The Kier molecular flexibility index (Phi) is 6.37. The number of benzene rings is 3. The lowest BCUT2D eigenvalue weighted by molar-refractivity contribution is 0.0955.